The predicted molar refractivity (Wildman–Crippen MR) is 99.6 cm³/mol. The van der Waals surface area contributed by atoms with Crippen LogP contribution in [0.15, 0.2) is 54.6 Å². The van der Waals surface area contributed by atoms with Crippen LogP contribution in [0.5, 0.6) is 5.75 Å². The van der Waals surface area contributed by atoms with Gasteiger partial charge in [-0.25, -0.2) is 0 Å². The van der Waals surface area contributed by atoms with Gasteiger partial charge in [0.25, 0.3) is 0 Å². The van der Waals surface area contributed by atoms with Crippen molar-refractivity contribution >= 4 is 5.91 Å². The molecule has 0 saturated carbocycles. The Labute approximate surface area is 149 Å². The van der Waals surface area contributed by atoms with Crippen LogP contribution in [0, 0.1) is 5.92 Å². The second kappa shape index (κ2) is 8.17. The van der Waals surface area contributed by atoms with E-state index in [-0.39, 0.29) is 5.91 Å². The van der Waals surface area contributed by atoms with Gasteiger partial charge in [-0.05, 0) is 42.1 Å². The maximum Gasteiger partial charge on any atom is 0.222 e. The van der Waals surface area contributed by atoms with Gasteiger partial charge in [0.05, 0.1) is 7.11 Å². The fourth-order valence-electron chi connectivity index (χ4n) is 3.59. The summed E-state index contributed by atoms with van der Waals surface area (Å²) in [7, 11) is 1.66. The largest absolute Gasteiger partial charge is 0.497 e. The standard InChI is InChI=1S/C21H26N2O2/c1-25-19-10-7-16(8-11-19)9-12-21(24)23-14-18(13-22)20(15-23)17-5-3-2-4-6-17/h2-8,10-11,18,20H,9,12-15,22H2,1H3/t18-,20+/m1/s1. The first-order chi connectivity index (χ1) is 12.2. The van der Waals surface area contributed by atoms with Gasteiger partial charge < -0.3 is 15.4 Å². The lowest BCUT2D eigenvalue weighted by atomic mass is 9.89. The van der Waals surface area contributed by atoms with Gasteiger partial charge in [-0.15, -0.1) is 0 Å². The average Bonchev–Trinajstić information content (AvgIpc) is 3.12. The van der Waals surface area contributed by atoms with Crippen molar-refractivity contribution < 1.29 is 9.53 Å². The van der Waals surface area contributed by atoms with Gasteiger partial charge in [-0.2, -0.15) is 0 Å². The molecule has 0 aliphatic carbocycles. The molecule has 4 heteroatoms. The van der Waals surface area contributed by atoms with Gasteiger partial charge in [0.15, 0.2) is 0 Å². The van der Waals surface area contributed by atoms with E-state index in [1.165, 1.54) is 5.56 Å². The molecule has 2 N–H and O–H groups in total. The van der Waals surface area contributed by atoms with E-state index in [4.69, 9.17) is 10.5 Å². The minimum atomic E-state index is 0.215. The first kappa shape index (κ1) is 17.5. The first-order valence-electron chi connectivity index (χ1n) is 8.87. The molecule has 0 unspecified atom stereocenters. The highest BCUT2D eigenvalue weighted by atomic mass is 16.5. The molecule has 1 amide bonds. The van der Waals surface area contributed by atoms with Crippen molar-refractivity contribution in [2.24, 2.45) is 11.7 Å². The number of hydrogen-bond acceptors (Lipinski definition) is 3. The highest BCUT2D eigenvalue weighted by Gasteiger charge is 2.34. The number of hydrogen-bond donors (Lipinski definition) is 1. The highest BCUT2D eigenvalue weighted by Crippen LogP contribution is 2.32. The third-order valence-corrected chi connectivity index (χ3v) is 5.11. The molecule has 1 aliphatic heterocycles. The van der Waals surface area contributed by atoms with Gasteiger partial charge in [0.2, 0.25) is 5.91 Å². The Bertz CT molecular complexity index is 685. The topological polar surface area (TPSA) is 55.6 Å². The van der Waals surface area contributed by atoms with Crippen molar-refractivity contribution in [3.05, 3.63) is 65.7 Å². The predicted octanol–water partition coefficient (Wildman–Crippen LogP) is 2.83. The number of likely N-dealkylation sites (tertiary alicyclic amines) is 1. The molecule has 0 aromatic heterocycles. The quantitative estimate of drug-likeness (QED) is 0.881. The Morgan fingerprint density at radius 2 is 1.84 bits per heavy atom. The summed E-state index contributed by atoms with van der Waals surface area (Å²) in [6, 6.07) is 18.3. The van der Waals surface area contributed by atoms with Gasteiger partial charge >= 0.3 is 0 Å². The van der Waals surface area contributed by atoms with Crippen LogP contribution in [-0.2, 0) is 11.2 Å². The van der Waals surface area contributed by atoms with Crippen LogP contribution in [-0.4, -0.2) is 37.6 Å². The fourth-order valence-corrected chi connectivity index (χ4v) is 3.59. The molecule has 25 heavy (non-hydrogen) atoms. The van der Waals surface area contributed by atoms with Crippen LogP contribution in [0.3, 0.4) is 0 Å². The van der Waals surface area contributed by atoms with Gasteiger partial charge in [0, 0.05) is 25.4 Å². The minimum absolute atomic E-state index is 0.215. The zero-order valence-corrected chi connectivity index (χ0v) is 14.7. The zero-order chi connectivity index (χ0) is 17.6. The molecule has 2 aromatic carbocycles. The summed E-state index contributed by atoms with van der Waals surface area (Å²) >= 11 is 0. The van der Waals surface area contributed by atoms with Crippen molar-refractivity contribution in [2.75, 3.05) is 26.7 Å². The molecule has 0 radical (unpaired) electrons. The molecule has 4 nitrogen and oxygen atoms in total. The third kappa shape index (κ3) is 4.20. The monoisotopic (exact) mass is 338 g/mol. The lowest BCUT2D eigenvalue weighted by molar-refractivity contribution is -0.130. The Balaban J connectivity index is 1.58. The van der Waals surface area contributed by atoms with Gasteiger partial charge in [0.1, 0.15) is 5.75 Å². The molecule has 1 aliphatic rings. The lowest BCUT2D eigenvalue weighted by Gasteiger charge is -2.17. The molecule has 0 bridgehead atoms. The number of aryl methyl sites for hydroxylation is 1. The molecule has 2 atom stereocenters. The van der Waals surface area contributed by atoms with E-state index < -0.39 is 0 Å². The summed E-state index contributed by atoms with van der Waals surface area (Å²) in [6.07, 6.45) is 1.29. The number of benzene rings is 2. The van der Waals surface area contributed by atoms with Crippen LogP contribution < -0.4 is 10.5 Å². The number of nitrogens with two attached hydrogens (primary N) is 1. The van der Waals surface area contributed by atoms with Crippen molar-refractivity contribution in [3.8, 4) is 5.75 Å². The normalized spacial score (nSPS) is 19.8. The average molecular weight is 338 g/mol. The third-order valence-electron chi connectivity index (χ3n) is 5.11. The number of methoxy groups -OCH3 is 1. The smallest absolute Gasteiger partial charge is 0.222 e. The summed E-state index contributed by atoms with van der Waals surface area (Å²) in [5.41, 5.74) is 8.40. The maximum absolute atomic E-state index is 12.6. The number of carbonyl (C=O) groups excluding carboxylic acids is 1. The summed E-state index contributed by atoms with van der Waals surface area (Å²) in [5, 5.41) is 0. The second-order valence-electron chi connectivity index (χ2n) is 6.66. The Hall–Kier alpha value is -2.33. The summed E-state index contributed by atoms with van der Waals surface area (Å²) in [6.45, 7) is 2.15. The van der Waals surface area contributed by atoms with Crippen molar-refractivity contribution in [2.45, 2.75) is 18.8 Å². The number of carbonyl (C=O) groups is 1. The number of amides is 1. The van der Waals surface area contributed by atoms with E-state index in [2.05, 4.69) is 24.3 Å². The molecule has 0 spiro atoms. The fraction of sp³-hybridized carbons (Fsp3) is 0.381. The summed E-state index contributed by atoms with van der Waals surface area (Å²) < 4.78 is 5.17. The van der Waals surface area contributed by atoms with E-state index in [1.54, 1.807) is 7.11 Å². The van der Waals surface area contributed by atoms with E-state index >= 15 is 0 Å². The number of nitrogens with zero attached hydrogens (tertiary/aromatic N) is 1. The van der Waals surface area contributed by atoms with Crippen molar-refractivity contribution in [1.82, 2.24) is 4.90 Å². The number of ether oxygens (including phenoxy) is 1. The molecule has 3 rings (SSSR count). The highest BCUT2D eigenvalue weighted by molar-refractivity contribution is 5.77. The molecule has 132 valence electrons. The second-order valence-corrected chi connectivity index (χ2v) is 6.66. The molecule has 1 heterocycles. The lowest BCUT2D eigenvalue weighted by Crippen LogP contribution is -2.30. The van der Waals surface area contributed by atoms with E-state index in [0.29, 0.717) is 24.8 Å². The zero-order valence-electron chi connectivity index (χ0n) is 14.7. The molecule has 1 saturated heterocycles. The first-order valence-corrected chi connectivity index (χ1v) is 8.87. The summed E-state index contributed by atoms with van der Waals surface area (Å²) in [5.74, 6) is 1.74. The Morgan fingerprint density at radius 3 is 2.48 bits per heavy atom. The Morgan fingerprint density at radius 1 is 1.12 bits per heavy atom. The minimum Gasteiger partial charge on any atom is -0.497 e. The van der Waals surface area contributed by atoms with Crippen LogP contribution in [0.4, 0.5) is 0 Å². The van der Waals surface area contributed by atoms with Crippen LogP contribution in [0.25, 0.3) is 0 Å². The van der Waals surface area contributed by atoms with E-state index in [1.807, 2.05) is 35.2 Å². The van der Waals surface area contributed by atoms with Gasteiger partial charge in [-0.3, -0.25) is 4.79 Å². The SMILES string of the molecule is COc1ccc(CCC(=O)N2C[C@@H](CN)[C@H](c3ccccc3)C2)cc1. The van der Waals surface area contributed by atoms with Crippen LogP contribution >= 0.6 is 0 Å². The van der Waals surface area contributed by atoms with E-state index in [0.717, 1.165) is 30.8 Å². The molecule has 2 aromatic rings. The molecular formula is C21H26N2O2. The van der Waals surface area contributed by atoms with Crippen LogP contribution in [0.2, 0.25) is 0 Å². The molecule has 1 fully saturated rings. The Kier molecular flexibility index (Phi) is 5.71. The van der Waals surface area contributed by atoms with E-state index in [9.17, 15) is 4.79 Å². The number of rotatable bonds is 6. The molecular weight excluding hydrogens is 312 g/mol. The van der Waals surface area contributed by atoms with Crippen molar-refractivity contribution in [3.63, 3.8) is 0 Å². The van der Waals surface area contributed by atoms with Crippen LogP contribution in [0.1, 0.15) is 23.5 Å². The maximum atomic E-state index is 12.6. The summed E-state index contributed by atoms with van der Waals surface area (Å²) in [4.78, 5) is 14.6. The van der Waals surface area contributed by atoms with Gasteiger partial charge in [-0.1, -0.05) is 42.5 Å². The van der Waals surface area contributed by atoms with Crippen molar-refractivity contribution in [1.29, 1.82) is 0 Å².